The lowest BCUT2D eigenvalue weighted by Gasteiger charge is -2.26. The Morgan fingerprint density at radius 1 is 0.356 bits per heavy atom. The van der Waals surface area contributed by atoms with Gasteiger partial charge < -0.3 is 13.6 Å². The van der Waals surface area contributed by atoms with Gasteiger partial charge in [-0.3, -0.25) is 0 Å². The topological polar surface area (TPSA) is 51.1 Å². The summed E-state index contributed by atoms with van der Waals surface area (Å²) in [5.41, 5.74) is 17.5. The van der Waals surface area contributed by atoms with Crippen molar-refractivity contribution >= 4 is 134 Å². The van der Waals surface area contributed by atoms with Gasteiger partial charge in [-0.05, 0) is 63.2 Å². The van der Waals surface area contributed by atoms with Crippen LogP contribution in [0.3, 0.4) is 0 Å². The second kappa shape index (κ2) is 19.1. The number of hydrogen-bond acceptors (Lipinski definition) is 4. The van der Waals surface area contributed by atoms with Gasteiger partial charge in [-0.2, -0.15) is 5.26 Å². The van der Waals surface area contributed by atoms with Gasteiger partial charge in [0.05, 0.1) is 55.0 Å². The average molecular weight is 1140 g/mol. The van der Waals surface area contributed by atoms with Gasteiger partial charge in [-0.25, -0.2) is 4.85 Å². The molecule has 18 aromatic rings. The molecule has 0 saturated heterocycles. The summed E-state index contributed by atoms with van der Waals surface area (Å²) in [6.45, 7) is 9.61. The van der Waals surface area contributed by atoms with Crippen LogP contribution in [0.25, 0.3) is 178 Å². The number of rotatable bonds is 7. The first-order valence-electron chi connectivity index (χ1n) is 29.1. The van der Waals surface area contributed by atoms with Crippen molar-refractivity contribution in [3.05, 3.63) is 284 Å². The number of aromatic nitrogens is 2. The van der Waals surface area contributed by atoms with Crippen molar-refractivity contribution in [2.45, 2.75) is 0 Å². The van der Waals surface area contributed by atoms with Gasteiger partial charge in [0.25, 0.3) is 0 Å². The van der Waals surface area contributed by atoms with Crippen molar-refractivity contribution in [1.82, 2.24) is 9.13 Å². The molecule has 18 rings (SSSR count). The molecule has 0 N–H and O–H groups in total. The van der Waals surface area contributed by atoms with Crippen LogP contribution in [0.1, 0.15) is 5.56 Å². The molecule has 0 amide bonds. The van der Waals surface area contributed by atoms with Gasteiger partial charge in [0.2, 0.25) is 5.69 Å². The first kappa shape index (κ1) is 49.1. The van der Waals surface area contributed by atoms with Crippen molar-refractivity contribution in [3.8, 4) is 73.1 Å². The van der Waals surface area contributed by atoms with E-state index < -0.39 is 0 Å². The molecular formula is C80H44N4OS2. The van der Waals surface area contributed by atoms with Gasteiger partial charge in [0.15, 0.2) is 0 Å². The van der Waals surface area contributed by atoms with Gasteiger partial charge in [-0.15, -0.1) is 22.7 Å². The molecule has 13 aromatic carbocycles. The summed E-state index contributed by atoms with van der Waals surface area (Å²) in [5, 5.41) is 23.5. The minimum Gasteiger partial charge on any atom is -0.455 e. The third-order valence-electron chi connectivity index (χ3n) is 17.8. The van der Waals surface area contributed by atoms with Crippen LogP contribution in [0.2, 0.25) is 0 Å². The first-order valence-corrected chi connectivity index (χ1v) is 30.7. The number of benzene rings is 13. The van der Waals surface area contributed by atoms with Crippen LogP contribution in [0.5, 0.6) is 0 Å². The van der Waals surface area contributed by atoms with Crippen LogP contribution in [-0.2, 0) is 0 Å². The Morgan fingerprint density at radius 2 is 0.828 bits per heavy atom. The van der Waals surface area contributed by atoms with Crippen molar-refractivity contribution in [1.29, 1.82) is 5.26 Å². The maximum atomic E-state index is 12.5. The van der Waals surface area contributed by atoms with E-state index in [-0.39, 0.29) is 0 Å². The fourth-order valence-corrected chi connectivity index (χ4v) is 16.8. The Kier molecular flexibility index (Phi) is 10.8. The number of nitrogens with zero attached hydrogens (tertiary/aromatic N) is 4. The monoisotopic (exact) mass is 1140 g/mol. The summed E-state index contributed by atoms with van der Waals surface area (Å²) in [5.74, 6) is 0. The molecule has 0 bridgehead atoms. The maximum Gasteiger partial charge on any atom is 0.220 e. The molecule has 5 nitrogen and oxygen atoms in total. The highest BCUT2D eigenvalue weighted by atomic mass is 32.1. The Labute approximate surface area is 506 Å². The number of fused-ring (bicyclic) bond motifs is 17. The Bertz CT molecular complexity index is 5840. The zero-order chi connectivity index (χ0) is 57.4. The van der Waals surface area contributed by atoms with Gasteiger partial charge in [0, 0.05) is 80.0 Å². The quantitative estimate of drug-likeness (QED) is 0.149. The molecule has 87 heavy (non-hydrogen) atoms. The van der Waals surface area contributed by atoms with Crippen molar-refractivity contribution < 1.29 is 4.42 Å². The maximum absolute atomic E-state index is 12.5. The second-order valence-corrected chi connectivity index (χ2v) is 24.3. The van der Waals surface area contributed by atoms with E-state index in [9.17, 15) is 11.8 Å². The number of para-hydroxylation sites is 3. The van der Waals surface area contributed by atoms with Crippen LogP contribution >= 0.6 is 22.7 Å². The van der Waals surface area contributed by atoms with Gasteiger partial charge >= 0.3 is 0 Å². The first-order chi connectivity index (χ1) is 43.1. The molecule has 0 radical (unpaired) electrons. The van der Waals surface area contributed by atoms with E-state index in [0.717, 1.165) is 125 Å². The summed E-state index contributed by atoms with van der Waals surface area (Å²) < 4.78 is 16.1. The number of nitriles is 1. The normalized spacial score (nSPS) is 11.9. The highest BCUT2D eigenvalue weighted by Gasteiger charge is 2.33. The summed E-state index contributed by atoms with van der Waals surface area (Å²) in [7, 11) is 0. The lowest BCUT2D eigenvalue weighted by molar-refractivity contribution is 0.670. The van der Waals surface area contributed by atoms with E-state index >= 15 is 0 Å². The highest BCUT2D eigenvalue weighted by molar-refractivity contribution is 7.28. The van der Waals surface area contributed by atoms with Crippen LogP contribution < -0.4 is 0 Å². The van der Waals surface area contributed by atoms with Crippen molar-refractivity contribution in [3.63, 3.8) is 0 Å². The molecule has 0 spiro atoms. The number of hydrogen-bond donors (Lipinski definition) is 0. The molecule has 5 heterocycles. The molecule has 0 aliphatic heterocycles. The second-order valence-electron chi connectivity index (χ2n) is 22.3. The highest BCUT2D eigenvalue weighted by Crippen LogP contribution is 2.56. The number of thiophene rings is 2. The standard InChI is InChI=1S/C80H44N4OS2/c1-82-71-69(49-25-10-4-11-26-49)65(46-81)72(70(50-27-12-5-13-28-50)75(71)83-66-37-16-14-29-55(66)64-45-51(39-44-67(64)83)52-31-18-34-59-56-30-15-17-38-68(56)85-76(52)59)84-73-57(40-42-62-60-35-19-32-53(77(60)86-79(62)73)47-21-6-2-7-22-47)58-41-43-63-61-36-20-33-54(48-23-8-3-9-24-48)78(61)87-80(63)74(58)84/h2-45H. The van der Waals surface area contributed by atoms with E-state index in [0.29, 0.717) is 28.2 Å². The Hall–Kier alpha value is -11.3. The zero-order valence-corrected chi connectivity index (χ0v) is 48.1. The Morgan fingerprint density at radius 3 is 1.41 bits per heavy atom. The summed E-state index contributed by atoms with van der Waals surface area (Å²) in [6, 6.07) is 97.3. The molecule has 5 aromatic heterocycles. The van der Waals surface area contributed by atoms with Crippen LogP contribution in [-0.4, -0.2) is 9.13 Å². The minimum atomic E-state index is 0.388. The van der Waals surface area contributed by atoms with E-state index in [1.165, 1.54) is 31.3 Å². The van der Waals surface area contributed by atoms with Crippen LogP contribution in [0.15, 0.2) is 271 Å². The Balaban J connectivity index is 1.05. The zero-order valence-electron chi connectivity index (χ0n) is 46.4. The molecule has 0 aliphatic carbocycles. The van der Waals surface area contributed by atoms with E-state index in [4.69, 9.17) is 4.42 Å². The van der Waals surface area contributed by atoms with Crippen molar-refractivity contribution in [2.75, 3.05) is 0 Å². The predicted molar refractivity (Wildman–Crippen MR) is 366 cm³/mol. The lowest BCUT2D eigenvalue weighted by atomic mass is 9.88. The molecular weight excluding hydrogens is 1100 g/mol. The van der Waals surface area contributed by atoms with Crippen LogP contribution in [0.4, 0.5) is 5.69 Å². The number of furan rings is 1. The predicted octanol–water partition coefficient (Wildman–Crippen LogP) is 23.3. The average Bonchev–Trinajstić information content (AvgIpc) is 1.84. The summed E-state index contributed by atoms with van der Waals surface area (Å²) >= 11 is 3.63. The smallest absolute Gasteiger partial charge is 0.220 e. The molecule has 0 aliphatic rings. The fraction of sp³-hybridized carbons (Fsp3) is 0. The fourth-order valence-electron chi connectivity index (χ4n) is 14.1. The molecule has 402 valence electrons. The molecule has 0 fully saturated rings. The molecule has 0 atom stereocenters. The van der Waals surface area contributed by atoms with Gasteiger partial charge in [0.1, 0.15) is 17.2 Å². The van der Waals surface area contributed by atoms with Gasteiger partial charge in [-0.1, -0.05) is 243 Å². The molecule has 7 heteroatoms. The third-order valence-corrected chi connectivity index (χ3v) is 20.3. The summed E-state index contributed by atoms with van der Waals surface area (Å²) in [4.78, 5) is 4.67. The van der Waals surface area contributed by atoms with E-state index in [2.05, 4.69) is 238 Å². The molecule has 0 unspecified atom stereocenters. The van der Waals surface area contributed by atoms with E-state index in [1.54, 1.807) is 0 Å². The lowest BCUT2D eigenvalue weighted by Crippen LogP contribution is -2.09. The minimum absolute atomic E-state index is 0.388. The summed E-state index contributed by atoms with van der Waals surface area (Å²) in [6.07, 6.45) is 0. The van der Waals surface area contributed by atoms with E-state index in [1.807, 2.05) is 71.2 Å². The molecule has 0 saturated carbocycles. The SMILES string of the molecule is [C-]#[N+]c1c(-c2ccccc2)c(C#N)c(-n2c3c(ccc4c5cccc(-c6ccccc6)c5sc43)c3ccc4c5cccc(-c6ccccc6)c5sc4c32)c(-c2ccccc2)c1-n1c2ccccc2c2cc(-c3cccc4c3oc3ccccc34)ccc21. The van der Waals surface area contributed by atoms with Crippen LogP contribution in [0, 0.1) is 17.9 Å². The largest absolute Gasteiger partial charge is 0.455 e. The van der Waals surface area contributed by atoms with Crippen molar-refractivity contribution in [2.24, 2.45) is 0 Å². The third kappa shape index (κ3) is 7.10.